The van der Waals surface area contributed by atoms with E-state index in [2.05, 4.69) is 10.5 Å². The van der Waals surface area contributed by atoms with Gasteiger partial charge >= 0.3 is 0 Å². The molecule has 13 heavy (non-hydrogen) atoms. The molecular formula is C9H11N3O. The van der Waals surface area contributed by atoms with Gasteiger partial charge in [-0.1, -0.05) is 12.1 Å². The van der Waals surface area contributed by atoms with Crippen LogP contribution >= 0.6 is 0 Å². The molecule has 0 aliphatic heterocycles. The molecule has 4 nitrogen and oxygen atoms in total. The number of nitrogens with one attached hydrogen (secondary N) is 1. The van der Waals surface area contributed by atoms with E-state index in [1.165, 1.54) is 0 Å². The molecule has 0 aromatic heterocycles. The van der Waals surface area contributed by atoms with Crippen molar-refractivity contribution in [1.82, 2.24) is 5.43 Å². The maximum atomic E-state index is 10.7. The van der Waals surface area contributed by atoms with E-state index in [9.17, 15) is 4.79 Å². The molecule has 0 fully saturated rings. The quantitative estimate of drug-likeness (QED) is 0.516. The first-order valence-electron chi connectivity index (χ1n) is 3.83. The average molecular weight is 177 g/mol. The Kier molecular flexibility index (Phi) is 3.03. The van der Waals surface area contributed by atoms with Gasteiger partial charge in [0, 0.05) is 12.6 Å². The third kappa shape index (κ3) is 2.59. The smallest absolute Gasteiger partial charge is 0.248 e. The Bertz CT molecular complexity index is 316. The fourth-order valence-electron chi connectivity index (χ4n) is 0.873. The summed E-state index contributed by atoms with van der Waals surface area (Å²) < 4.78 is 0. The van der Waals surface area contributed by atoms with Crippen LogP contribution in [0.3, 0.4) is 0 Å². The predicted molar refractivity (Wildman–Crippen MR) is 51.6 cm³/mol. The van der Waals surface area contributed by atoms with Crippen LogP contribution in [0.2, 0.25) is 0 Å². The monoisotopic (exact) mass is 177 g/mol. The van der Waals surface area contributed by atoms with Gasteiger partial charge in [0.25, 0.3) is 0 Å². The number of benzene rings is 1. The normalized spacial score (nSPS) is 10.2. The Morgan fingerprint density at radius 1 is 1.46 bits per heavy atom. The van der Waals surface area contributed by atoms with Crippen LogP contribution in [0.15, 0.2) is 29.4 Å². The van der Waals surface area contributed by atoms with Gasteiger partial charge in [-0.3, -0.25) is 4.79 Å². The lowest BCUT2D eigenvalue weighted by Gasteiger charge is -1.95. The minimum atomic E-state index is -0.419. The zero-order valence-electron chi connectivity index (χ0n) is 7.32. The van der Waals surface area contributed by atoms with Gasteiger partial charge in [0.15, 0.2) is 0 Å². The van der Waals surface area contributed by atoms with Crippen LogP contribution in [0.4, 0.5) is 0 Å². The number of amides is 1. The zero-order valence-corrected chi connectivity index (χ0v) is 7.32. The molecule has 1 aromatic carbocycles. The van der Waals surface area contributed by atoms with Crippen molar-refractivity contribution in [1.29, 1.82) is 0 Å². The number of rotatable bonds is 3. The highest BCUT2D eigenvalue weighted by molar-refractivity contribution is 5.93. The van der Waals surface area contributed by atoms with Crippen LogP contribution in [-0.4, -0.2) is 19.2 Å². The van der Waals surface area contributed by atoms with Crippen LogP contribution in [-0.2, 0) is 0 Å². The van der Waals surface area contributed by atoms with E-state index in [1.54, 1.807) is 37.5 Å². The number of hydrazone groups is 1. The molecule has 0 radical (unpaired) electrons. The van der Waals surface area contributed by atoms with Crippen LogP contribution < -0.4 is 11.2 Å². The van der Waals surface area contributed by atoms with Gasteiger partial charge in [0.05, 0.1) is 6.21 Å². The highest BCUT2D eigenvalue weighted by atomic mass is 16.1. The summed E-state index contributed by atoms with van der Waals surface area (Å²) in [7, 11) is 1.72. The van der Waals surface area contributed by atoms with Crippen LogP contribution in [0.5, 0.6) is 0 Å². The number of carbonyl (C=O) groups excluding carboxylic acids is 1. The Balaban J connectivity index is 2.81. The Morgan fingerprint density at radius 2 is 2.08 bits per heavy atom. The second-order valence-corrected chi connectivity index (χ2v) is 2.47. The van der Waals surface area contributed by atoms with Gasteiger partial charge in [0.2, 0.25) is 5.91 Å². The van der Waals surface area contributed by atoms with Crippen molar-refractivity contribution < 1.29 is 4.79 Å². The van der Waals surface area contributed by atoms with Crippen molar-refractivity contribution >= 4 is 12.1 Å². The number of hydrogen-bond donors (Lipinski definition) is 2. The lowest BCUT2D eigenvalue weighted by atomic mass is 10.1. The summed E-state index contributed by atoms with van der Waals surface area (Å²) in [5, 5.41) is 3.83. The van der Waals surface area contributed by atoms with Gasteiger partial charge in [-0.15, -0.1) is 0 Å². The Hall–Kier alpha value is -1.84. The molecule has 0 bridgehead atoms. The van der Waals surface area contributed by atoms with Gasteiger partial charge in [0.1, 0.15) is 0 Å². The summed E-state index contributed by atoms with van der Waals surface area (Å²) >= 11 is 0. The maximum absolute atomic E-state index is 10.7. The van der Waals surface area contributed by atoms with E-state index >= 15 is 0 Å². The summed E-state index contributed by atoms with van der Waals surface area (Å²) in [6.07, 6.45) is 1.66. The van der Waals surface area contributed by atoms with E-state index in [4.69, 9.17) is 5.73 Å². The SMILES string of the molecule is CN/N=C/c1ccc(C(N)=O)cc1. The van der Waals surface area contributed by atoms with Crippen molar-refractivity contribution in [3.8, 4) is 0 Å². The molecule has 68 valence electrons. The zero-order chi connectivity index (χ0) is 9.68. The average Bonchev–Trinajstić information content (AvgIpc) is 2.15. The first kappa shape index (κ1) is 9.25. The van der Waals surface area contributed by atoms with Crippen molar-refractivity contribution in [3.63, 3.8) is 0 Å². The van der Waals surface area contributed by atoms with Gasteiger partial charge in [-0.25, -0.2) is 0 Å². The molecule has 0 aliphatic rings. The second kappa shape index (κ2) is 4.25. The highest BCUT2D eigenvalue weighted by Gasteiger charge is 1.97. The van der Waals surface area contributed by atoms with Gasteiger partial charge < -0.3 is 11.2 Å². The number of nitrogens with two attached hydrogens (primary N) is 1. The van der Waals surface area contributed by atoms with Gasteiger partial charge in [-0.05, 0) is 17.7 Å². The van der Waals surface area contributed by atoms with E-state index in [0.717, 1.165) is 5.56 Å². The number of nitrogens with zero attached hydrogens (tertiary/aromatic N) is 1. The number of primary amides is 1. The maximum Gasteiger partial charge on any atom is 0.248 e. The van der Waals surface area contributed by atoms with Crippen LogP contribution in [0.1, 0.15) is 15.9 Å². The van der Waals surface area contributed by atoms with Crippen LogP contribution in [0, 0.1) is 0 Å². The third-order valence-corrected chi connectivity index (χ3v) is 1.54. The first-order chi connectivity index (χ1) is 6.24. The molecule has 1 rings (SSSR count). The van der Waals surface area contributed by atoms with Crippen molar-refractivity contribution in [3.05, 3.63) is 35.4 Å². The molecule has 4 heteroatoms. The van der Waals surface area contributed by atoms with Crippen LogP contribution in [0.25, 0.3) is 0 Å². The molecule has 1 amide bonds. The molecule has 0 unspecified atom stereocenters. The fourth-order valence-corrected chi connectivity index (χ4v) is 0.873. The highest BCUT2D eigenvalue weighted by Crippen LogP contribution is 2.01. The summed E-state index contributed by atoms with van der Waals surface area (Å²) in [6.45, 7) is 0. The largest absolute Gasteiger partial charge is 0.366 e. The summed E-state index contributed by atoms with van der Waals surface area (Å²) in [6, 6.07) is 6.89. The molecule has 0 heterocycles. The molecule has 1 aromatic rings. The van der Waals surface area contributed by atoms with E-state index in [-0.39, 0.29) is 0 Å². The Labute approximate surface area is 76.4 Å². The van der Waals surface area contributed by atoms with E-state index in [1.807, 2.05) is 0 Å². The molecule has 3 N–H and O–H groups in total. The molecular weight excluding hydrogens is 166 g/mol. The number of carbonyl (C=O) groups is 1. The summed E-state index contributed by atoms with van der Waals surface area (Å²) in [4.78, 5) is 10.7. The van der Waals surface area contributed by atoms with E-state index in [0.29, 0.717) is 5.56 Å². The standard InChI is InChI=1S/C9H11N3O/c1-11-12-6-7-2-4-8(5-3-7)9(10)13/h2-6,11H,1H3,(H2,10,13)/b12-6+. The van der Waals surface area contributed by atoms with Crippen molar-refractivity contribution in [2.75, 3.05) is 7.05 Å². The Morgan fingerprint density at radius 3 is 2.54 bits per heavy atom. The van der Waals surface area contributed by atoms with Crippen molar-refractivity contribution in [2.45, 2.75) is 0 Å². The lowest BCUT2D eigenvalue weighted by Crippen LogP contribution is -2.10. The molecule has 0 atom stereocenters. The molecule has 0 aliphatic carbocycles. The summed E-state index contributed by atoms with van der Waals surface area (Å²) in [5.41, 5.74) is 9.13. The van der Waals surface area contributed by atoms with Gasteiger partial charge in [-0.2, -0.15) is 5.10 Å². The second-order valence-electron chi connectivity index (χ2n) is 2.47. The topological polar surface area (TPSA) is 67.5 Å². The van der Waals surface area contributed by atoms with Crippen molar-refractivity contribution in [2.24, 2.45) is 10.8 Å². The molecule has 0 saturated carbocycles. The molecule has 0 spiro atoms. The minimum absolute atomic E-state index is 0.419. The number of hydrogen-bond acceptors (Lipinski definition) is 3. The van der Waals surface area contributed by atoms with E-state index < -0.39 is 5.91 Å². The minimum Gasteiger partial charge on any atom is -0.366 e. The summed E-state index contributed by atoms with van der Waals surface area (Å²) in [5.74, 6) is -0.419. The lowest BCUT2D eigenvalue weighted by molar-refractivity contribution is 0.100. The predicted octanol–water partition coefficient (Wildman–Crippen LogP) is 0.339. The third-order valence-electron chi connectivity index (χ3n) is 1.54. The fraction of sp³-hybridized carbons (Fsp3) is 0.111. The molecule has 0 saturated heterocycles. The first-order valence-corrected chi connectivity index (χ1v) is 3.83.